The monoisotopic (exact) mass is 340 g/mol. The minimum absolute atomic E-state index is 0.127. The quantitative estimate of drug-likeness (QED) is 0.933. The number of aryl methyl sites for hydroxylation is 1. The molecule has 0 spiro atoms. The molecule has 5 nitrogen and oxygen atoms in total. The van der Waals surface area contributed by atoms with Crippen molar-refractivity contribution in [3.63, 3.8) is 0 Å². The van der Waals surface area contributed by atoms with E-state index in [2.05, 4.69) is 15.3 Å². The lowest BCUT2D eigenvalue weighted by molar-refractivity contribution is -0.122. The van der Waals surface area contributed by atoms with E-state index in [-0.39, 0.29) is 11.7 Å². The Bertz CT molecular complexity index is 834. The van der Waals surface area contributed by atoms with Crippen molar-refractivity contribution < 1.29 is 9.18 Å². The van der Waals surface area contributed by atoms with Crippen molar-refractivity contribution in [2.75, 3.05) is 11.9 Å². The van der Waals surface area contributed by atoms with Crippen molar-refractivity contribution in [2.24, 2.45) is 0 Å². The minimum Gasteiger partial charge on any atom is -0.357 e. The summed E-state index contributed by atoms with van der Waals surface area (Å²) in [6.45, 7) is 2.13. The molecule has 1 saturated carbocycles. The van der Waals surface area contributed by atoms with Crippen molar-refractivity contribution >= 4 is 11.7 Å². The van der Waals surface area contributed by atoms with Gasteiger partial charge in [0.15, 0.2) is 11.6 Å². The lowest BCUT2D eigenvalue weighted by Gasteiger charge is -2.37. The number of likely N-dealkylation sites (N-methyl/N-ethyl adjacent to an activating group) is 1. The summed E-state index contributed by atoms with van der Waals surface area (Å²) in [6, 6.07) is 7.51. The van der Waals surface area contributed by atoms with Gasteiger partial charge in [-0.1, -0.05) is 24.3 Å². The Hall–Kier alpha value is -2.50. The lowest BCUT2D eigenvalue weighted by atomic mass is 9.93. The van der Waals surface area contributed by atoms with Crippen LogP contribution in [0.4, 0.5) is 10.2 Å². The molecular weight excluding hydrogens is 319 g/mol. The van der Waals surface area contributed by atoms with Crippen molar-refractivity contribution in [3.8, 4) is 0 Å². The Balaban J connectivity index is 1.80. The average Bonchev–Trinajstić information content (AvgIpc) is 3.47. The first kappa shape index (κ1) is 16.0. The van der Waals surface area contributed by atoms with Crippen molar-refractivity contribution in [1.29, 1.82) is 0 Å². The van der Waals surface area contributed by atoms with Crippen LogP contribution in [0.3, 0.4) is 0 Å². The van der Waals surface area contributed by atoms with Crippen LogP contribution in [0.1, 0.15) is 41.4 Å². The molecule has 1 aliphatic carbocycles. The van der Waals surface area contributed by atoms with E-state index in [1.54, 1.807) is 18.9 Å². The Labute approximate surface area is 146 Å². The number of halogens is 1. The summed E-state index contributed by atoms with van der Waals surface area (Å²) < 4.78 is 14.9. The van der Waals surface area contributed by atoms with Gasteiger partial charge in [-0.25, -0.2) is 14.4 Å². The van der Waals surface area contributed by atoms with E-state index in [0.717, 1.165) is 24.0 Å². The first-order valence-electron chi connectivity index (χ1n) is 8.67. The highest BCUT2D eigenvalue weighted by Gasteiger charge is 2.35. The van der Waals surface area contributed by atoms with Crippen molar-refractivity contribution in [3.05, 3.63) is 52.7 Å². The van der Waals surface area contributed by atoms with Gasteiger partial charge in [-0.3, -0.25) is 4.79 Å². The van der Waals surface area contributed by atoms with E-state index < -0.39 is 11.9 Å². The first-order valence-corrected chi connectivity index (χ1v) is 8.67. The lowest BCUT2D eigenvalue weighted by Crippen LogP contribution is -2.50. The highest BCUT2D eigenvalue weighted by atomic mass is 19.1. The number of nitrogens with one attached hydrogen (secondary N) is 1. The number of hydrogen-bond acceptors (Lipinski definition) is 4. The van der Waals surface area contributed by atoms with E-state index >= 15 is 0 Å². The molecule has 0 saturated heterocycles. The van der Waals surface area contributed by atoms with Gasteiger partial charge in [0.25, 0.3) is 0 Å². The summed E-state index contributed by atoms with van der Waals surface area (Å²) in [6.07, 6.45) is 2.63. The highest BCUT2D eigenvalue weighted by Crippen LogP contribution is 2.40. The second-order valence-corrected chi connectivity index (χ2v) is 6.81. The summed E-state index contributed by atoms with van der Waals surface area (Å²) in [5, 5.41) is 2.70. The molecule has 0 unspecified atom stereocenters. The smallest absolute Gasteiger partial charge is 0.242 e. The molecule has 130 valence electrons. The third kappa shape index (κ3) is 2.86. The SMILES string of the molecule is CNC(=O)[C@@H]1Cc2ccccc2CN1c1nc(C2CC2)nc(C)c1F. The Morgan fingerprint density at radius 1 is 1.24 bits per heavy atom. The molecule has 1 atom stereocenters. The van der Waals surface area contributed by atoms with Crippen LogP contribution in [0.5, 0.6) is 0 Å². The Morgan fingerprint density at radius 2 is 1.96 bits per heavy atom. The van der Waals surface area contributed by atoms with Crippen LogP contribution in [-0.4, -0.2) is 29.0 Å². The highest BCUT2D eigenvalue weighted by molar-refractivity contribution is 5.85. The van der Waals surface area contributed by atoms with Gasteiger partial charge in [-0.05, 0) is 30.9 Å². The topological polar surface area (TPSA) is 58.1 Å². The number of nitrogens with zero attached hydrogens (tertiary/aromatic N) is 3. The molecule has 1 N–H and O–H groups in total. The van der Waals surface area contributed by atoms with Gasteiger partial charge in [0, 0.05) is 25.9 Å². The summed E-state index contributed by atoms with van der Waals surface area (Å²) >= 11 is 0. The number of amides is 1. The predicted molar refractivity (Wildman–Crippen MR) is 92.9 cm³/mol. The molecule has 0 bridgehead atoms. The molecular formula is C19H21FN4O. The maximum absolute atomic E-state index is 14.9. The molecule has 1 aliphatic heterocycles. The average molecular weight is 340 g/mol. The molecule has 25 heavy (non-hydrogen) atoms. The minimum atomic E-state index is -0.476. The Kier molecular flexibility index (Phi) is 3.90. The zero-order valence-corrected chi connectivity index (χ0v) is 14.4. The number of carbonyl (C=O) groups excluding carboxylic acids is 1. The van der Waals surface area contributed by atoms with Crippen molar-refractivity contribution in [2.45, 2.75) is 44.7 Å². The molecule has 1 aromatic heterocycles. The molecule has 2 aromatic rings. The maximum Gasteiger partial charge on any atom is 0.242 e. The second-order valence-electron chi connectivity index (χ2n) is 6.81. The number of benzene rings is 1. The predicted octanol–water partition coefficient (Wildman–Crippen LogP) is 2.48. The van der Waals surface area contributed by atoms with Crippen LogP contribution in [-0.2, 0) is 17.8 Å². The number of rotatable bonds is 3. The van der Waals surface area contributed by atoms with Crippen molar-refractivity contribution in [1.82, 2.24) is 15.3 Å². The van der Waals surface area contributed by atoms with E-state index in [9.17, 15) is 9.18 Å². The fraction of sp³-hybridized carbons (Fsp3) is 0.421. The van der Waals surface area contributed by atoms with Crippen LogP contribution in [0.15, 0.2) is 24.3 Å². The van der Waals surface area contributed by atoms with Gasteiger partial charge in [0.05, 0.1) is 5.69 Å². The molecule has 4 rings (SSSR count). The van der Waals surface area contributed by atoms with E-state index in [0.29, 0.717) is 30.4 Å². The van der Waals surface area contributed by atoms with E-state index in [4.69, 9.17) is 0 Å². The molecule has 1 fully saturated rings. The van der Waals surface area contributed by atoms with Crippen LogP contribution < -0.4 is 10.2 Å². The van der Waals surface area contributed by atoms with E-state index in [1.165, 1.54) is 0 Å². The largest absolute Gasteiger partial charge is 0.357 e. The molecule has 1 amide bonds. The first-order chi connectivity index (χ1) is 12.1. The molecule has 0 radical (unpaired) electrons. The van der Waals surface area contributed by atoms with Crippen LogP contribution >= 0.6 is 0 Å². The van der Waals surface area contributed by atoms with Gasteiger partial charge >= 0.3 is 0 Å². The van der Waals surface area contributed by atoms with Crippen LogP contribution in [0.25, 0.3) is 0 Å². The number of fused-ring (bicyclic) bond motifs is 1. The number of aromatic nitrogens is 2. The summed E-state index contributed by atoms with van der Waals surface area (Å²) in [5.41, 5.74) is 2.58. The fourth-order valence-electron chi connectivity index (χ4n) is 3.43. The summed E-state index contributed by atoms with van der Waals surface area (Å²) in [5.74, 6) is 0.713. The Morgan fingerprint density at radius 3 is 2.64 bits per heavy atom. The molecule has 2 aliphatic rings. The normalized spacial score (nSPS) is 19.5. The maximum atomic E-state index is 14.9. The number of carbonyl (C=O) groups is 1. The third-order valence-corrected chi connectivity index (χ3v) is 5.03. The zero-order chi connectivity index (χ0) is 17.6. The zero-order valence-electron chi connectivity index (χ0n) is 14.4. The van der Waals surface area contributed by atoms with Crippen LogP contribution in [0, 0.1) is 12.7 Å². The van der Waals surface area contributed by atoms with Gasteiger partial charge in [0.2, 0.25) is 5.91 Å². The number of anilines is 1. The van der Waals surface area contributed by atoms with E-state index in [1.807, 2.05) is 24.3 Å². The summed E-state index contributed by atoms with van der Waals surface area (Å²) in [4.78, 5) is 23.1. The molecule has 6 heteroatoms. The van der Waals surface area contributed by atoms with Gasteiger partial charge in [-0.15, -0.1) is 0 Å². The number of hydrogen-bond donors (Lipinski definition) is 1. The second kappa shape index (κ2) is 6.10. The third-order valence-electron chi connectivity index (χ3n) is 5.03. The van der Waals surface area contributed by atoms with Crippen LogP contribution in [0.2, 0.25) is 0 Å². The fourth-order valence-corrected chi connectivity index (χ4v) is 3.43. The van der Waals surface area contributed by atoms with Gasteiger partial charge in [-0.2, -0.15) is 0 Å². The molecule has 1 aromatic carbocycles. The summed E-state index contributed by atoms with van der Waals surface area (Å²) in [7, 11) is 1.61. The van der Waals surface area contributed by atoms with Gasteiger partial charge < -0.3 is 10.2 Å². The molecule has 2 heterocycles. The standard InChI is InChI=1S/C19H21FN4O/c1-11-16(20)18(23-17(22-11)12-7-8-12)24-10-14-6-4-3-5-13(14)9-15(24)19(25)21-2/h3-6,12,15H,7-10H2,1-2H3,(H,21,25)/t15-/m0/s1. The van der Waals surface area contributed by atoms with Gasteiger partial charge in [0.1, 0.15) is 11.9 Å².